The second-order valence-corrected chi connectivity index (χ2v) is 5.91. The van der Waals surface area contributed by atoms with Crippen molar-refractivity contribution in [2.24, 2.45) is 5.41 Å². The Morgan fingerprint density at radius 1 is 1.42 bits per heavy atom. The van der Waals surface area contributed by atoms with Crippen LogP contribution in [0, 0.1) is 12.3 Å². The molecule has 1 aliphatic rings. The molecule has 104 valence electrons. The Kier molecular flexibility index (Phi) is 3.83. The molecule has 0 aliphatic heterocycles. The van der Waals surface area contributed by atoms with E-state index in [9.17, 15) is 4.79 Å². The second-order valence-electron chi connectivity index (χ2n) is 5.91. The zero-order valence-electron chi connectivity index (χ0n) is 12.3. The predicted octanol–water partition coefficient (Wildman–Crippen LogP) is 3.35. The monoisotopic (exact) mass is 260 g/mol. The zero-order chi connectivity index (χ0) is 14.0. The van der Waals surface area contributed by atoms with Gasteiger partial charge in [-0.2, -0.15) is 0 Å². The molecule has 1 fully saturated rings. The molecule has 0 saturated heterocycles. The Morgan fingerprint density at radius 3 is 2.68 bits per heavy atom. The lowest BCUT2D eigenvalue weighted by Crippen LogP contribution is -2.26. The summed E-state index contributed by atoms with van der Waals surface area (Å²) in [6.45, 7) is 9.20. The molecule has 1 atom stereocenters. The van der Waals surface area contributed by atoms with E-state index in [2.05, 4.69) is 31.4 Å². The first-order valence-electron chi connectivity index (χ1n) is 7.11. The molecule has 0 heterocycles. The molecule has 1 unspecified atom stereocenters. The van der Waals surface area contributed by atoms with Gasteiger partial charge in [-0.15, -0.1) is 0 Å². The Balaban J connectivity index is 2.15. The van der Waals surface area contributed by atoms with Crippen LogP contribution in [-0.2, 0) is 0 Å². The van der Waals surface area contributed by atoms with E-state index in [0.29, 0.717) is 18.0 Å². The third-order valence-electron chi connectivity index (χ3n) is 4.29. The molecule has 1 saturated carbocycles. The first-order chi connectivity index (χ1) is 8.96. The number of aryl methyl sites for hydroxylation is 1. The highest BCUT2D eigenvalue weighted by atomic mass is 16.1. The molecule has 0 bridgehead atoms. The van der Waals surface area contributed by atoms with Gasteiger partial charge in [0.25, 0.3) is 5.91 Å². The minimum Gasteiger partial charge on any atom is -0.382 e. The van der Waals surface area contributed by atoms with Crippen LogP contribution in [0.5, 0.6) is 0 Å². The fraction of sp³-hybridized carbons (Fsp3) is 0.562. The van der Waals surface area contributed by atoms with Gasteiger partial charge in [0.15, 0.2) is 0 Å². The number of benzene rings is 1. The van der Waals surface area contributed by atoms with Gasteiger partial charge in [0.05, 0.1) is 0 Å². The molecule has 19 heavy (non-hydrogen) atoms. The molecule has 3 nitrogen and oxygen atoms in total. The van der Waals surface area contributed by atoms with Crippen LogP contribution < -0.4 is 10.6 Å². The molecule has 2 rings (SSSR count). The Labute approximate surface area is 115 Å². The van der Waals surface area contributed by atoms with Crippen LogP contribution in [-0.4, -0.2) is 18.5 Å². The predicted molar refractivity (Wildman–Crippen MR) is 79.6 cm³/mol. The molecule has 1 amide bonds. The molecular weight excluding hydrogens is 236 g/mol. The van der Waals surface area contributed by atoms with E-state index in [1.807, 2.05) is 25.1 Å². The van der Waals surface area contributed by atoms with Crippen molar-refractivity contribution in [3.63, 3.8) is 0 Å². The maximum absolute atomic E-state index is 11.9. The molecule has 0 spiro atoms. The van der Waals surface area contributed by atoms with E-state index in [0.717, 1.165) is 11.3 Å². The summed E-state index contributed by atoms with van der Waals surface area (Å²) in [5.41, 5.74) is 3.41. The number of rotatable bonds is 5. The molecule has 0 radical (unpaired) electrons. The maximum Gasteiger partial charge on any atom is 0.251 e. The SMILES string of the molecule is CCNC(=O)c1ccc(C)c(NC(C)C2(C)CC2)c1. The van der Waals surface area contributed by atoms with E-state index in [4.69, 9.17) is 0 Å². The summed E-state index contributed by atoms with van der Waals surface area (Å²) in [7, 11) is 0. The number of carbonyl (C=O) groups is 1. The number of hydrogen-bond donors (Lipinski definition) is 2. The van der Waals surface area contributed by atoms with E-state index >= 15 is 0 Å². The van der Waals surface area contributed by atoms with Crippen molar-refractivity contribution in [1.29, 1.82) is 0 Å². The van der Waals surface area contributed by atoms with Crippen molar-refractivity contribution in [1.82, 2.24) is 5.32 Å². The van der Waals surface area contributed by atoms with Gasteiger partial charge in [-0.25, -0.2) is 0 Å². The third-order valence-corrected chi connectivity index (χ3v) is 4.29. The van der Waals surface area contributed by atoms with Crippen LogP contribution in [0.4, 0.5) is 5.69 Å². The number of nitrogens with one attached hydrogen (secondary N) is 2. The molecule has 1 aromatic carbocycles. The molecule has 3 heteroatoms. The van der Waals surface area contributed by atoms with Crippen LogP contribution in [0.25, 0.3) is 0 Å². The molecule has 2 N–H and O–H groups in total. The van der Waals surface area contributed by atoms with Gasteiger partial charge in [-0.05, 0) is 56.7 Å². The van der Waals surface area contributed by atoms with Crippen molar-refractivity contribution in [3.05, 3.63) is 29.3 Å². The molecule has 1 aromatic rings. The number of anilines is 1. The van der Waals surface area contributed by atoms with Crippen molar-refractivity contribution >= 4 is 11.6 Å². The number of hydrogen-bond acceptors (Lipinski definition) is 2. The summed E-state index contributed by atoms with van der Waals surface area (Å²) >= 11 is 0. The number of carbonyl (C=O) groups excluding carboxylic acids is 1. The lowest BCUT2D eigenvalue weighted by atomic mass is 9.99. The lowest BCUT2D eigenvalue weighted by Gasteiger charge is -2.23. The average molecular weight is 260 g/mol. The fourth-order valence-electron chi connectivity index (χ4n) is 2.22. The van der Waals surface area contributed by atoms with Gasteiger partial charge in [-0.1, -0.05) is 13.0 Å². The summed E-state index contributed by atoms with van der Waals surface area (Å²) < 4.78 is 0. The Morgan fingerprint density at radius 2 is 2.11 bits per heavy atom. The topological polar surface area (TPSA) is 41.1 Å². The lowest BCUT2D eigenvalue weighted by molar-refractivity contribution is 0.0956. The van der Waals surface area contributed by atoms with Crippen LogP contribution in [0.15, 0.2) is 18.2 Å². The highest BCUT2D eigenvalue weighted by molar-refractivity contribution is 5.95. The van der Waals surface area contributed by atoms with E-state index in [1.165, 1.54) is 18.4 Å². The highest BCUT2D eigenvalue weighted by Crippen LogP contribution is 2.48. The van der Waals surface area contributed by atoms with Crippen LogP contribution in [0.2, 0.25) is 0 Å². The van der Waals surface area contributed by atoms with Crippen LogP contribution >= 0.6 is 0 Å². The fourth-order valence-corrected chi connectivity index (χ4v) is 2.22. The molecule has 0 aromatic heterocycles. The Hall–Kier alpha value is -1.51. The highest BCUT2D eigenvalue weighted by Gasteiger charge is 2.42. The van der Waals surface area contributed by atoms with Crippen molar-refractivity contribution in [3.8, 4) is 0 Å². The van der Waals surface area contributed by atoms with E-state index in [-0.39, 0.29) is 5.91 Å². The van der Waals surface area contributed by atoms with Gasteiger partial charge in [0.1, 0.15) is 0 Å². The smallest absolute Gasteiger partial charge is 0.251 e. The van der Waals surface area contributed by atoms with Crippen LogP contribution in [0.1, 0.15) is 49.5 Å². The average Bonchev–Trinajstić information content (AvgIpc) is 3.11. The van der Waals surface area contributed by atoms with Gasteiger partial charge < -0.3 is 10.6 Å². The summed E-state index contributed by atoms with van der Waals surface area (Å²) in [5.74, 6) is -0.00385. The summed E-state index contributed by atoms with van der Waals surface area (Å²) in [6.07, 6.45) is 2.58. The third kappa shape index (κ3) is 3.09. The summed E-state index contributed by atoms with van der Waals surface area (Å²) in [6, 6.07) is 6.29. The van der Waals surface area contributed by atoms with E-state index in [1.54, 1.807) is 0 Å². The van der Waals surface area contributed by atoms with Gasteiger partial charge >= 0.3 is 0 Å². The summed E-state index contributed by atoms with van der Waals surface area (Å²) in [4.78, 5) is 11.9. The largest absolute Gasteiger partial charge is 0.382 e. The zero-order valence-corrected chi connectivity index (χ0v) is 12.3. The Bertz CT molecular complexity index is 478. The minimum atomic E-state index is -0.00385. The number of amides is 1. The van der Waals surface area contributed by atoms with Crippen molar-refractivity contribution < 1.29 is 4.79 Å². The maximum atomic E-state index is 11.9. The normalized spacial score (nSPS) is 17.7. The standard InChI is InChI=1S/C16H24N2O/c1-5-17-15(19)13-7-6-11(2)14(10-13)18-12(3)16(4)8-9-16/h6-7,10,12,18H,5,8-9H2,1-4H3,(H,17,19). The first-order valence-corrected chi connectivity index (χ1v) is 7.11. The molecular formula is C16H24N2O. The van der Waals surface area contributed by atoms with Crippen LogP contribution in [0.3, 0.4) is 0 Å². The second kappa shape index (κ2) is 5.24. The van der Waals surface area contributed by atoms with Crippen molar-refractivity contribution in [2.45, 2.75) is 46.6 Å². The van der Waals surface area contributed by atoms with Gasteiger partial charge in [0.2, 0.25) is 0 Å². The van der Waals surface area contributed by atoms with E-state index < -0.39 is 0 Å². The van der Waals surface area contributed by atoms with Crippen molar-refractivity contribution in [2.75, 3.05) is 11.9 Å². The first kappa shape index (κ1) is 13.9. The molecule has 1 aliphatic carbocycles. The summed E-state index contributed by atoms with van der Waals surface area (Å²) in [5, 5.41) is 6.41. The minimum absolute atomic E-state index is 0.00385. The quantitative estimate of drug-likeness (QED) is 0.852. The van der Waals surface area contributed by atoms with Gasteiger partial charge in [-0.3, -0.25) is 4.79 Å². The van der Waals surface area contributed by atoms with Gasteiger partial charge in [0, 0.05) is 23.8 Å².